The van der Waals surface area contributed by atoms with Gasteiger partial charge >= 0.3 is 0 Å². The first-order valence-corrected chi connectivity index (χ1v) is 26.4. The molecule has 0 aromatic heterocycles. The molecule has 6 fully saturated rings. The second-order valence-electron chi connectivity index (χ2n) is 19.9. The fourth-order valence-electron chi connectivity index (χ4n) is 10.9. The Hall–Kier alpha value is -5.32. The van der Waals surface area contributed by atoms with Gasteiger partial charge in [-0.3, -0.25) is 0 Å². The zero-order valence-corrected chi connectivity index (χ0v) is 42.5. The van der Waals surface area contributed by atoms with Gasteiger partial charge < -0.3 is 76.2 Å². The van der Waals surface area contributed by atoms with Gasteiger partial charge in [0.05, 0.1) is 39.6 Å². The second kappa shape index (κ2) is 24.8. The van der Waals surface area contributed by atoms with E-state index >= 15 is 0 Å². The van der Waals surface area contributed by atoms with E-state index in [4.69, 9.17) is 71.1 Å². The number of aliphatic hydroxyl groups excluding tert-OH is 1. The number of rotatable bonds is 17. The number of hydrogen-bond donors (Lipinski definition) is 1. The molecule has 12 rings (SSSR count). The highest BCUT2D eigenvalue weighted by atomic mass is 16.8. The van der Waals surface area contributed by atoms with Crippen molar-refractivity contribution in [2.24, 2.45) is 0 Å². The van der Waals surface area contributed by atoms with Gasteiger partial charge in [-0.2, -0.15) is 0 Å². The van der Waals surface area contributed by atoms with E-state index in [0.29, 0.717) is 0 Å². The van der Waals surface area contributed by atoms with Crippen molar-refractivity contribution in [1.82, 2.24) is 0 Å². The summed E-state index contributed by atoms with van der Waals surface area (Å²) < 4.78 is 102. The molecule has 0 aliphatic carbocycles. The molecule has 16 heteroatoms. The van der Waals surface area contributed by atoms with Crippen LogP contribution in [-0.2, 0) is 90.9 Å². The molecule has 6 saturated heterocycles. The first kappa shape index (κ1) is 52.4. The normalized spacial score (nSPS) is 35.0. The Kier molecular flexibility index (Phi) is 16.9. The molecule has 0 unspecified atom stereocenters. The maximum Gasteiger partial charge on any atom is 0.187 e. The summed E-state index contributed by atoms with van der Waals surface area (Å²) in [5.74, 6) is 0. The fraction of sp³-hybridized carbons (Fsp3) is 0.410. The van der Waals surface area contributed by atoms with Gasteiger partial charge in [-0.25, -0.2) is 0 Å². The van der Waals surface area contributed by atoms with Crippen LogP contribution in [0.25, 0.3) is 0 Å². The van der Waals surface area contributed by atoms with Crippen molar-refractivity contribution in [1.29, 1.82) is 0 Å². The van der Waals surface area contributed by atoms with Crippen LogP contribution in [0.5, 0.6) is 0 Å². The smallest absolute Gasteiger partial charge is 0.187 e. The van der Waals surface area contributed by atoms with Crippen molar-refractivity contribution in [2.75, 3.05) is 26.9 Å². The zero-order valence-electron chi connectivity index (χ0n) is 42.5. The van der Waals surface area contributed by atoms with Gasteiger partial charge in [-0.15, -0.1) is 0 Å². The molecule has 77 heavy (non-hydrogen) atoms. The molecule has 0 radical (unpaired) electrons. The van der Waals surface area contributed by atoms with Crippen LogP contribution in [0.1, 0.15) is 52.3 Å². The highest BCUT2D eigenvalue weighted by Crippen LogP contribution is 2.44. The maximum absolute atomic E-state index is 12.6. The van der Waals surface area contributed by atoms with Crippen molar-refractivity contribution >= 4 is 0 Å². The molecule has 404 valence electrons. The van der Waals surface area contributed by atoms with E-state index in [2.05, 4.69) is 0 Å². The summed E-state index contributed by atoms with van der Waals surface area (Å²) >= 11 is 0. The van der Waals surface area contributed by atoms with Crippen LogP contribution in [-0.4, -0.2) is 124 Å². The number of hydrogen-bond acceptors (Lipinski definition) is 16. The lowest BCUT2D eigenvalue weighted by molar-refractivity contribution is -0.426. The predicted octanol–water partition coefficient (Wildman–Crippen LogP) is 8.04. The molecular weight excluding hydrogens is 989 g/mol. The van der Waals surface area contributed by atoms with Crippen molar-refractivity contribution in [3.8, 4) is 0 Å². The highest BCUT2D eigenvalue weighted by Gasteiger charge is 2.59. The molecule has 6 aliphatic heterocycles. The van der Waals surface area contributed by atoms with Crippen LogP contribution in [0.15, 0.2) is 182 Å². The van der Waals surface area contributed by atoms with E-state index < -0.39 is 111 Å². The summed E-state index contributed by atoms with van der Waals surface area (Å²) in [6, 6.07) is 58.4. The number of benzene rings is 6. The summed E-state index contributed by atoms with van der Waals surface area (Å²) in [4.78, 5) is 0. The molecule has 16 nitrogen and oxygen atoms in total. The second-order valence-corrected chi connectivity index (χ2v) is 19.9. The third-order valence-electron chi connectivity index (χ3n) is 14.8. The molecule has 1 N–H and O–H groups in total. The number of aliphatic hydroxyl groups is 1. The average molecular weight is 1050 g/mol. The SMILES string of the molecule is CO[C@@H]1O[C@@H]2CO[C@@H](c3ccccc3)O[C@H]2[C@H](O[C@@H]2O[C@@H]3CO[C@@H](c4ccccc4)O[C@H]3[C@H](O[C@@H]3O[C@@H]4CO[C@@H](c5ccccc5)O[C@H]4[C@H](O)[C@@H]3OCc3ccccc3)[C@@H]2OCc2ccccc2)[C@@H]1OCc1ccccc1. The molecule has 6 heterocycles. The van der Waals surface area contributed by atoms with Gasteiger partial charge in [-0.05, 0) is 16.7 Å². The average Bonchev–Trinajstić information content (AvgIpc) is 3.56. The first-order chi connectivity index (χ1) is 38.0. The predicted molar refractivity (Wildman–Crippen MR) is 274 cm³/mol. The van der Waals surface area contributed by atoms with Crippen LogP contribution in [0.3, 0.4) is 0 Å². The molecule has 6 aliphatic rings. The quantitative estimate of drug-likeness (QED) is 0.0935. The van der Waals surface area contributed by atoms with E-state index in [1.54, 1.807) is 7.11 Å². The summed E-state index contributed by atoms with van der Waals surface area (Å²) in [5, 5.41) is 12.6. The maximum atomic E-state index is 12.6. The minimum absolute atomic E-state index is 0.0829. The van der Waals surface area contributed by atoms with Gasteiger partial charge in [-0.1, -0.05) is 182 Å². The van der Waals surface area contributed by atoms with Crippen molar-refractivity contribution in [3.63, 3.8) is 0 Å². The molecular formula is C61H64O16. The van der Waals surface area contributed by atoms with E-state index in [9.17, 15) is 5.11 Å². The zero-order chi connectivity index (χ0) is 51.9. The topological polar surface area (TPSA) is 159 Å². The third kappa shape index (κ3) is 12.0. The van der Waals surface area contributed by atoms with Crippen LogP contribution >= 0.6 is 0 Å². The van der Waals surface area contributed by atoms with Gasteiger partial charge in [0, 0.05) is 23.8 Å². The summed E-state index contributed by atoms with van der Waals surface area (Å²) in [6.07, 6.45) is -16.6. The largest absolute Gasteiger partial charge is 0.387 e. The van der Waals surface area contributed by atoms with Gasteiger partial charge in [0.15, 0.2) is 37.7 Å². The van der Waals surface area contributed by atoms with E-state index in [1.165, 1.54) is 0 Å². The molecule has 0 spiro atoms. The molecule has 0 amide bonds. The van der Waals surface area contributed by atoms with Crippen LogP contribution in [0, 0.1) is 0 Å². The van der Waals surface area contributed by atoms with Gasteiger partial charge in [0.25, 0.3) is 0 Å². The van der Waals surface area contributed by atoms with Crippen molar-refractivity contribution in [2.45, 2.75) is 131 Å². The number of fused-ring (bicyclic) bond motifs is 3. The fourth-order valence-corrected chi connectivity index (χ4v) is 10.9. The van der Waals surface area contributed by atoms with E-state index in [-0.39, 0.29) is 39.6 Å². The lowest BCUT2D eigenvalue weighted by Gasteiger charge is -2.54. The first-order valence-electron chi connectivity index (χ1n) is 26.4. The minimum atomic E-state index is -1.24. The van der Waals surface area contributed by atoms with Crippen LogP contribution < -0.4 is 0 Å². The van der Waals surface area contributed by atoms with Crippen LogP contribution in [0.4, 0.5) is 0 Å². The monoisotopic (exact) mass is 1050 g/mol. The Balaban J connectivity index is 0.919. The Labute approximate surface area is 447 Å². The minimum Gasteiger partial charge on any atom is -0.387 e. The molecule has 6 aromatic rings. The van der Waals surface area contributed by atoms with Crippen molar-refractivity contribution < 1.29 is 76.2 Å². The summed E-state index contributed by atoms with van der Waals surface area (Å²) in [7, 11) is 1.57. The lowest BCUT2D eigenvalue weighted by Crippen LogP contribution is -2.69. The Morgan fingerprint density at radius 2 is 0.675 bits per heavy atom. The lowest BCUT2D eigenvalue weighted by atomic mass is 9.94. The Morgan fingerprint density at radius 1 is 0.364 bits per heavy atom. The van der Waals surface area contributed by atoms with Gasteiger partial charge in [0.1, 0.15) is 73.2 Å². The van der Waals surface area contributed by atoms with Crippen LogP contribution in [0.2, 0.25) is 0 Å². The highest BCUT2D eigenvalue weighted by molar-refractivity contribution is 5.21. The van der Waals surface area contributed by atoms with E-state index in [0.717, 1.165) is 33.4 Å². The molecule has 6 aromatic carbocycles. The number of ether oxygens (including phenoxy) is 15. The number of methoxy groups -OCH3 is 1. The standard InChI is InChI=1S/C61H64O16/c1-63-59-54(65-33-39-22-10-3-11-23-39)52(49-45(70-59)36-68-57(74-49)42-28-16-6-17-29-42)77-61-55(66-34-40-24-12-4-13-25-40)53(50-46(72-61)37-69-58(75-50)43-30-18-7-19-31-43)76-60-51(64-32-38-20-8-2-9-21-38)47(62)48-44(71-60)35-67-56(73-48)41-26-14-5-15-27-41/h2-31,44-62H,32-37H2,1H3/t44-,45-,46-,47+,48-,49-,50-,51+,52+,53+,54+,55+,56-,57-,58-,59-,60+,61+/m1/s1. The molecule has 0 bridgehead atoms. The van der Waals surface area contributed by atoms with Crippen molar-refractivity contribution in [3.05, 3.63) is 215 Å². The summed E-state index contributed by atoms with van der Waals surface area (Å²) in [6.45, 7) is 0.802. The Morgan fingerprint density at radius 3 is 1.06 bits per heavy atom. The molecule has 0 saturated carbocycles. The molecule has 18 atom stereocenters. The Bertz CT molecular complexity index is 2710. The van der Waals surface area contributed by atoms with E-state index in [1.807, 2.05) is 182 Å². The van der Waals surface area contributed by atoms with Gasteiger partial charge in [0.2, 0.25) is 0 Å². The third-order valence-corrected chi connectivity index (χ3v) is 14.8. The summed E-state index contributed by atoms with van der Waals surface area (Å²) in [5.41, 5.74) is 5.13.